The quantitative estimate of drug-likeness (QED) is 0.0542. The molecule has 247 valence electrons. The van der Waals surface area contributed by atoms with Crippen LogP contribution in [-0.2, 0) is 9.16 Å². The summed E-state index contributed by atoms with van der Waals surface area (Å²) in [5.41, 5.74) is 4.17. The van der Waals surface area contributed by atoms with Gasteiger partial charge in [0.2, 0.25) is 9.04 Å². The summed E-state index contributed by atoms with van der Waals surface area (Å²) in [5, 5.41) is 0. The van der Waals surface area contributed by atoms with E-state index in [0.717, 1.165) is 103 Å². The summed E-state index contributed by atoms with van der Waals surface area (Å²) in [4.78, 5) is 0. The Morgan fingerprint density at radius 3 is 1.43 bits per heavy atom. The first-order valence-corrected chi connectivity index (χ1v) is 19.0. The van der Waals surface area contributed by atoms with E-state index in [0.29, 0.717) is 0 Å². The van der Waals surface area contributed by atoms with Crippen LogP contribution in [0.25, 0.3) is 11.1 Å². The Balaban J connectivity index is 1.15. The molecule has 47 heavy (non-hydrogen) atoms. The zero-order chi connectivity index (χ0) is 32.9. The van der Waals surface area contributed by atoms with Crippen LogP contribution in [0, 0.1) is 11.8 Å². The molecule has 0 aromatic heterocycles. The molecule has 0 aliphatic carbocycles. The molecule has 4 aromatic carbocycles. The Morgan fingerprint density at radius 2 is 0.936 bits per heavy atom. The van der Waals surface area contributed by atoms with Crippen LogP contribution < -0.4 is 14.2 Å². The van der Waals surface area contributed by atoms with Gasteiger partial charge in [-0.15, -0.1) is 0 Å². The summed E-state index contributed by atoms with van der Waals surface area (Å²) in [7, 11) is 0.992. The first-order chi connectivity index (χ1) is 23.1. The van der Waals surface area contributed by atoms with Gasteiger partial charge in [-0.1, -0.05) is 68.7 Å². The summed E-state index contributed by atoms with van der Waals surface area (Å²) < 4.78 is 28.8. The summed E-state index contributed by atoms with van der Waals surface area (Å²) in [5.74, 6) is 9.84. The minimum absolute atomic E-state index is 0.721. The van der Waals surface area contributed by atoms with Gasteiger partial charge >= 0.3 is 0 Å². The molecule has 4 rings (SSSR count). The second kappa shape index (κ2) is 21.0. The number of hydrogen-bond acceptors (Lipinski definition) is 5. The van der Waals surface area contributed by atoms with Crippen molar-refractivity contribution in [3.05, 3.63) is 108 Å². The molecule has 0 atom stereocenters. The Kier molecular flexibility index (Phi) is 16.0. The number of ether oxygens (including phenoxy) is 4. The van der Waals surface area contributed by atoms with Crippen molar-refractivity contribution in [1.29, 1.82) is 0 Å². The fourth-order valence-corrected chi connectivity index (χ4v) is 5.37. The van der Waals surface area contributed by atoms with Crippen LogP contribution in [0.5, 0.6) is 23.0 Å². The van der Waals surface area contributed by atoms with Crippen LogP contribution in [0.2, 0.25) is 6.55 Å². The molecule has 0 N–H and O–H groups in total. The van der Waals surface area contributed by atoms with Gasteiger partial charge in [-0.2, -0.15) is 0 Å². The minimum atomic E-state index is -0.761. The van der Waals surface area contributed by atoms with E-state index in [2.05, 4.69) is 49.6 Å². The van der Waals surface area contributed by atoms with Crippen molar-refractivity contribution in [2.24, 2.45) is 0 Å². The Bertz CT molecular complexity index is 1470. The highest BCUT2D eigenvalue weighted by atomic mass is 28.3. The van der Waals surface area contributed by atoms with Crippen molar-refractivity contribution in [2.45, 2.75) is 64.8 Å². The molecule has 1 radical (unpaired) electrons. The van der Waals surface area contributed by atoms with Crippen molar-refractivity contribution in [1.82, 2.24) is 0 Å². The maximum atomic E-state index is 6.08. The summed E-state index contributed by atoms with van der Waals surface area (Å²) in [6.45, 7) is 6.65. The van der Waals surface area contributed by atoms with E-state index in [-0.39, 0.29) is 0 Å². The lowest BCUT2D eigenvalue weighted by atomic mass is 10.1. The molecule has 4 aromatic rings. The number of hydrogen-bond donors (Lipinski definition) is 0. The average Bonchev–Trinajstić information content (AvgIpc) is 3.11. The van der Waals surface area contributed by atoms with Gasteiger partial charge < -0.3 is 23.4 Å². The summed E-state index contributed by atoms with van der Waals surface area (Å²) in [6.07, 6.45) is 10.0. The second-order valence-corrected chi connectivity index (χ2v) is 13.7. The molecule has 0 fully saturated rings. The molecule has 0 unspecified atom stereocenters. The second-order valence-electron chi connectivity index (χ2n) is 11.6. The zero-order valence-corrected chi connectivity index (χ0v) is 29.3. The first-order valence-electron chi connectivity index (χ1n) is 16.9. The lowest BCUT2D eigenvalue weighted by molar-refractivity contribution is 0.158. The fraction of sp³-hybridized carbons (Fsp3) is 0.366. The Labute approximate surface area is 283 Å². The molecular weight excluding hydrogens is 601 g/mol. The van der Waals surface area contributed by atoms with E-state index in [4.69, 9.17) is 23.4 Å². The van der Waals surface area contributed by atoms with Gasteiger partial charge in [0.15, 0.2) is 0 Å². The highest BCUT2D eigenvalue weighted by Gasteiger charge is 2.04. The molecule has 0 saturated carbocycles. The van der Waals surface area contributed by atoms with Gasteiger partial charge in [0.05, 0.1) is 19.4 Å². The van der Waals surface area contributed by atoms with Gasteiger partial charge in [-0.05, 0) is 116 Å². The fourth-order valence-electron chi connectivity index (χ4n) is 4.82. The number of rotatable bonds is 20. The predicted molar refractivity (Wildman–Crippen MR) is 194 cm³/mol. The van der Waals surface area contributed by atoms with Gasteiger partial charge in [0.25, 0.3) is 0 Å². The Morgan fingerprint density at radius 1 is 0.511 bits per heavy atom. The third kappa shape index (κ3) is 13.7. The molecule has 6 heteroatoms. The largest absolute Gasteiger partial charge is 0.494 e. The van der Waals surface area contributed by atoms with E-state index in [1.807, 2.05) is 72.8 Å². The molecule has 0 spiro atoms. The van der Waals surface area contributed by atoms with Gasteiger partial charge in [0, 0.05) is 24.8 Å². The van der Waals surface area contributed by atoms with Crippen LogP contribution in [0.15, 0.2) is 97.1 Å². The van der Waals surface area contributed by atoms with Crippen LogP contribution >= 0.6 is 0 Å². The highest BCUT2D eigenvalue weighted by molar-refractivity contribution is 6.49. The number of benzene rings is 4. The van der Waals surface area contributed by atoms with Gasteiger partial charge in [-0.25, -0.2) is 0 Å². The van der Waals surface area contributed by atoms with Crippen LogP contribution in [0.1, 0.15) is 69.4 Å². The number of unbranched alkanes of at least 4 members (excludes halogenated alkanes) is 6. The third-order valence-corrected chi connectivity index (χ3v) is 9.02. The topological polar surface area (TPSA) is 46.2 Å². The SMILES string of the molecule is CCCCCCOc1ccc(-c2ccc(Oc3ccc(C#Cc4ccc(OCCCCCCOC[Si](C)OC)cc4)cc3)cc2)cc1. The average molecular weight is 650 g/mol. The zero-order valence-electron chi connectivity index (χ0n) is 28.3. The third-order valence-electron chi connectivity index (χ3n) is 7.71. The molecule has 5 nitrogen and oxygen atoms in total. The van der Waals surface area contributed by atoms with Crippen LogP contribution in [0.4, 0.5) is 0 Å². The van der Waals surface area contributed by atoms with Crippen LogP contribution in [-0.4, -0.2) is 42.2 Å². The minimum Gasteiger partial charge on any atom is -0.494 e. The molecule has 0 aliphatic rings. The van der Waals surface area contributed by atoms with Gasteiger partial charge in [0.1, 0.15) is 23.0 Å². The van der Waals surface area contributed by atoms with Crippen molar-refractivity contribution < 1.29 is 23.4 Å². The highest BCUT2D eigenvalue weighted by Crippen LogP contribution is 2.27. The van der Waals surface area contributed by atoms with E-state index in [1.165, 1.54) is 19.3 Å². The molecule has 0 heterocycles. The first kappa shape index (κ1) is 35.8. The van der Waals surface area contributed by atoms with E-state index in [1.54, 1.807) is 7.11 Å². The monoisotopic (exact) mass is 649 g/mol. The van der Waals surface area contributed by atoms with Crippen molar-refractivity contribution >= 4 is 9.04 Å². The van der Waals surface area contributed by atoms with Crippen molar-refractivity contribution in [3.63, 3.8) is 0 Å². The Hall–Kier alpha value is -4.02. The molecule has 0 aliphatic heterocycles. The smallest absolute Gasteiger partial charge is 0.234 e. The lowest BCUT2D eigenvalue weighted by Gasteiger charge is -2.09. The van der Waals surface area contributed by atoms with Crippen molar-refractivity contribution in [2.75, 3.05) is 33.2 Å². The molecule has 0 amide bonds. The summed E-state index contributed by atoms with van der Waals surface area (Å²) in [6, 6.07) is 32.3. The lowest BCUT2D eigenvalue weighted by Crippen LogP contribution is -2.19. The van der Waals surface area contributed by atoms with Crippen LogP contribution in [0.3, 0.4) is 0 Å². The standard InChI is InChI=1S/C41H49O5Si/c1-4-5-6-10-31-45-39-26-18-36(19-27-39)37-20-28-41(29-21-37)46-40-24-16-35(17-25-40)13-12-34-14-22-38(23-15-34)44-32-11-8-7-9-30-43-33-47(3)42-2/h14-29H,4-11,30-33H2,1-3H3. The van der Waals surface area contributed by atoms with E-state index in [9.17, 15) is 0 Å². The molecule has 0 saturated heterocycles. The van der Waals surface area contributed by atoms with Gasteiger partial charge in [-0.3, -0.25) is 0 Å². The van der Waals surface area contributed by atoms with E-state index >= 15 is 0 Å². The summed E-state index contributed by atoms with van der Waals surface area (Å²) >= 11 is 0. The van der Waals surface area contributed by atoms with E-state index < -0.39 is 9.04 Å². The maximum absolute atomic E-state index is 6.08. The normalized spacial score (nSPS) is 10.8. The molecule has 0 bridgehead atoms. The predicted octanol–water partition coefficient (Wildman–Crippen LogP) is 10.3. The maximum Gasteiger partial charge on any atom is 0.234 e. The molecular formula is C41H49O5Si. The van der Waals surface area contributed by atoms with Crippen molar-refractivity contribution in [3.8, 4) is 46.0 Å².